The highest BCUT2D eigenvalue weighted by Gasteiger charge is 1.95. The molecule has 1 heterocycles. The van der Waals surface area contributed by atoms with Crippen LogP contribution in [0.4, 0.5) is 0 Å². The first kappa shape index (κ1) is 6.61. The Hall–Kier alpha value is -1.51. The highest BCUT2D eigenvalue weighted by Crippen LogP contribution is 2.04. The van der Waals surface area contributed by atoms with Gasteiger partial charge in [0, 0.05) is 11.8 Å². The monoisotopic (exact) mass is 137 g/mol. The number of aliphatic hydroxyl groups is 1. The third-order valence-electron chi connectivity index (χ3n) is 1.18. The van der Waals surface area contributed by atoms with E-state index in [1.54, 1.807) is 12.3 Å². The zero-order chi connectivity index (χ0) is 7.40. The van der Waals surface area contributed by atoms with Gasteiger partial charge in [0.15, 0.2) is 6.29 Å². The molecule has 0 unspecified atom stereocenters. The van der Waals surface area contributed by atoms with Crippen molar-refractivity contribution in [2.24, 2.45) is 0 Å². The molecule has 1 rings (SSSR count). The second-order valence-electron chi connectivity index (χ2n) is 1.78. The zero-order valence-corrected chi connectivity index (χ0v) is 5.24. The topological polar surface area (TPSA) is 53.1 Å². The fraction of sp³-hybridized carbons (Fsp3) is 0. The van der Waals surface area contributed by atoms with Crippen LogP contribution in [0.3, 0.4) is 0 Å². The van der Waals surface area contributed by atoms with E-state index in [4.69, 9.17) is 5.11 Å². The quantitative estimate of drug-likeness (QED) is 0.477. The summed E-state index contributed by atoms with van der Waals surface area (Å²) in [6.07, 6.45) is 4.67. The number of hydrogen-bond acceptors (Lipinski definition) is 2. The summed E-state index contributed by atoms with van der Waals surface area (Å²) >= 11 is 0. The van der Waals surface area contributed by atoms with E-state index >= 15 is 0 Å². The Labute approximate surface area is 58.0 Å². The maximum Gasteiger partial charge on any atom is 0.152 e. The number of rotatable bonds is 2. The number of nitrogens with one attached hydrogen (secondary N) is 1. The van der Waals surface area contributed by atoms with E-state index in [2.05, 4.69) is 4.98 Å². The highest BCUT2D eigenvalue weighted by molar-refractivity contribution is 5.80. The minimum Gasteiger partial charge on any atom is -0.516 e. The number of H-pyrrole nitrogens is 1. The summed E-state index contributed by atoms with van der Waals surface area (Å²) in [5, 5.41) is 8.34. The predicted octanol–water partition coefficient (Wildman–Crippen LogP) is 1.36. The van der Waals surface area contributed by atoms with Crippen molar-refractivity contribution in [3.63, 3.8) is 0 Å². The third kappa shape index (κ3) is 1.07. The molecule has 0 spiro atoms. The summed E-state index contributed by atoms with van der Waals surface area (Å²) < 4.78 is 0. The fourth-order valence-electron chi connectivity index (χ4n) is 0.716. The lowest BCUT2D eigenvalue weighted by Gasteiger charge is -1.84. The number of aromatic amines is 1. The molecule has 2 N–H and O–H groups in total. The van der Waals surface area contributed by atoms with Gasteiger partial charge in [0.25, 0.3) is 0 Å². The molecule has 0 aliphatic carbocycles. The third-order valence-corrected chi connectivity index (χ3v) is 1.18. The minimum atomic E-state index is 0.547. The van der Waals surface area contributed by atoms with Crippen LogP contribution < -0.4 is 0 Å². The van der Waals surface area contributed by atoms with Crippen molar-refractivity contribution in [2.75, 3.05) is 0 Å². The van der Waals surface area contributed by atoms with Gasteiger partial charge in [-0.05, 0) is 12.1 Å². The van der Waals surface area contributed by atoms with Crippen LogP contribution in [0.15, 0.2) is 18.5 Å². The smallest absolute Gasteiger partial charge is 0.152 e. The van der Waals surface area contributed by atoms with Crippen molar-refractivity contribution in [1.29, 1.82) is 0 Å². The Kier molecular flexibility index (Phi) is 1.89. The van der Waals surface area contributed by atoms with Gasteiger partial charge in [0.1, 0.15) is 0 Å². The minimum absolute atomic E-state index is 0.547. The maximum atomic E-state index is 10.2. The standard InChI is InChI=1S/C7H7NO2/c9-4-2-7-6(5-10)1-3-8-7/h1-5,8-9H/b4-2+. The molecule has 3 nitrogen and oxygen atoms in total. The van der Waals surface area contributed by atoms with Gasteiger partial charge in [0.05, 0.1) is 12.0 Å². The first-order valence-electron chi connectivity index (χ1n) is 2.82. The number of carbonyl (C=O) groups is 1. The Morgan fingerprint density at radius 1 is 1.60 bits per heavy atom. The molecule has 0 radical (unpaired) electrons. The van der Waals surface area contributed by atoms with Crippen LogP contribution in [0.1, 0.15) is 16.1 Å². The van der Waals surface area contributed by atoms with Crippen LogP contribution in [-0.2, 0) is 0 Å². The largest absolute Gasteiger partial charge is 0.516 e. The average Bonchev–Trinajstić information content (AvgIpc) is 2.36. The molecule has 0 amide bonds. The molecular weight excluding hydrogens is 130 g/mol. The average molecular weight is 137 g/mol. The van der Waals surface area contributed by atoms with E-state index in [9.17, 15) is 4.79 Å². The number of carbonyl (C=O) groups excluding carboxylic acids is 1. The van der Waals surface area contributed by atoms with Gasteiger partial charge in [-0.25, -0.2) is 0 Å². The Morgan fingerprint density at radius 2 is 2.40 bits per heavy atom. The lowest BCUT2D eigenvalue weighted by Crippen LogP contribution is -1.79. The molecule has 3 heteroatoms. The molecule has 0 aliphatic heterocycles. The van der Waals surface area contributed by atoms with E-state index in [0.29, 0.717) is 11.3 Å². The van der Waals surface area contributed by atoms with Crippen molar-refractivity contribution in [2.45, 2.75) is 0 Å². The highest BCUT2D eigenvalue weighted by atomic mass is 16.2. The van der Waals surface area contributed by atoms with Crippen LogP contribution in [0.25, 0.3) is 6.08 Å². The Morgan fingerprint density at radius 3 is 3.00 bits per heavy atom. The summed E-state index contributed by atoms with van der Waals surface area (Å²) in [6.45, 7) is 0. The number of hydrogen-bond donors (Lipinski definition) is 2. The Bertz CT molecular complexity index is 250. The number of aliphatic hydroxyl groups excluding tert-OH is 1. The maximum absolute atomic E-state index is 10.2. The van der Waals surface area contributed by atoms with Crippen molar-refractivity contribution in [3.05, 3.63) is 29.8 Å². The van der Waals surface area contributed by atoms with Gasteiger partial charge in [-0.2, -0.15) is 0 Å². The van der Waals surface area contributed by atoms with Gasteiger partial charge < -0.3 is 10.1 Å². The van der Waals surface area contributed by atoms with Crippen LogP contribution in [-0.4, -0.2) is 16.4 Å². The van der Waals surface area contributed by atoms with Crippen molar-refractivity contribution in [1.82, 2.24) is 4.98 Å². The molecule has 10 heavy (non-hydrogen) atoms. The second-order valence-corrected chi connectivity index (χ2v) is 1.78. The van der Waals surface area contributed by atoms with Gasteiger partial charge in [-0.3, -0.25) is 4.79 Å². The molecule has 0 atom stereocenters. The lowest BCUT2D eigenvalue weighted by molar-refractivity contribution is 0.112. The SMILES string of the molecule is O=Cc1cc[nH]c1/C=C/O. The van der Waals surface area contributed by atoms with Gasteiger partial charge in [-0.15, -0.1) is 0 Å². The summed E-state index contributed by atoms with van der Waals surface area (Å²) in [5.74, 6) is 0. The van der Waals surface area contributed by atoms with Crippen LogP contribution in [0.2, 0.25) is 0 Å². The van der Waals surface area contributed by atoms with Gasteiger partial charge >= 0.3 is 0 Å². The molecule has 52 valence electrons. The van der Waals surface area contributed by atoms with E-state index < -0.39 is 0 Å². The molecule has 0 saturated carbocycles. The van der Waals surface area contributed by atoms with E-state index in [-0.39, 0.29) is 0 Å². The van der Waals surface area contributed by atoms with Gasteiger partial charge in [-0.1, -0.05) is 0 Å². The van der Waals surface area contributed by atoms with Crippen molar-refractivity contribution in [3.8, 4) is 0 Å². The first-order chi connectivity index (χ1) is 4.88. The van der Waals surface area contributed by atoms with E-state index in [1.807, 2.05) is 0 Å². The summed E-state index contributed by atoms with van der Waals surface area (Å²) in [5.41, 5.74) is 1.17. The molecule has 0 fully saturated rings. The molecule has 1 aromatic heterocycles. The summed E-state index contributed by atoms with van der Waals surface area (Å²) in [7, 11) is 0. The van der Waals surface area contributed by atoms with E-state index in [0.717, 1.165) is 12.5 Å². The Balaban J connectivity index is 3.00. The second kappa shape index (κ2) is 2.87. The van der Waals surface area contributed by atoms with Crippen LogP contribution in [0.5, 0.6) is 0 Å². The molecular formula is C7H7NO2. The predicted molar refractivity (Wildman–Crippen MR) is 37.8 cm³/mol. The zero-order valence-electron chi connectivity index (χ0n) is 5.24. The first-order valence-corrected chi connectivity index (χ1v) is 2.82. The molecule has 0 aliphatic rings. The molecule has 0 bridgehead atoms. The van der Waals surface area contributed by atoms with Gasteiger partial charge in [0.2, 0.25) is 0 Å². The van der Waals surface area contributed by atoms with Crippen molar-refractivity contribution >= 4 is 12.4 Å². The number of aromatic nitrogens is 1. The molecule has 0 saturated heterocycles. The van der Waals surface area contributed by atoms with Crippen molar-refractivity contribution < 1.29 is 9.90 Å². The fourth-order valence-corrected chi connectivity index (χ4v) is 0.716. The van der Waals surface area contributed by atoms with Crippen LogP contribution in [0, 0.1) is 0 Å². The summed E-state index contributed by atoms with van der Waals surface area (Å²) in [6, 6.07) is 1.64. The summed E-state index contributed by atoms with van der Waals surface area (Å²) in [4.78, 5) is 13.0. The van der Waals surface area contributed by atoms with Crippen LogP contribution >= 0.6 is 0 Å². The molecule has 1 aromatic rings. The normalized spacial score (nSPS) is 10.4. The van der Waals surface area contributed by atoms with E-state index in [1.165, 1.54) is 6.08 Å². The molecule has 0 aromatic carbocycles. The lowest BCUT2D eigenvalue weighted by atomic mass is 10.3. The number of aldehydes is 1.